The Labute approximate surface area is 56.1 Å². The molecule has 1 saturated heterocycles. The lowest BCUT2D eigenvalue weighted by Crippen LogP contribution is -2.45. The minimum absolute atomic E-state index is 0.330. The number of likely N-dealkylation sites (tertiary alicyclic amines) is 1. The lowest BCUT2D eigenvalue weighted by Gasteiger charge is -2.34. The molecule has 1 fully saturated rings. The summed E-state index contributed by atoms with van der Waals surface area (Å²) in [6, 6.07) is 2.25. The van der Waals surface area contributed by atoms with E-state index in [9.17, 15) is 0 Å². The highest BCUT2D eigenvalue weighted by Gasteiger charge is 2.24. The SMILES string of the molecule is CCCN1CC(C#N)C1. The van der Waals surface area contributed by atoms with Gasteiger partial charge in [-0.2, -0.15) is 5.26 Å². The van der Waals surface area contributed by atoms with Crippen LogP contribution in [0.25, 0.3) is 0 Å². The quantitative estimate of drug-likeness (QED) is 0.545. The van der Waals surface area contributed by atoms with Crippen molar-refractivity contribution in [1.82, 2.24) is 4.90 Å². The van der Waals surface area contributed by atoms with Crippen LogP contribution in [0.5, 0.6) is 0 Å². The molecule has 0 saturated carbocycles. The summed E-state index contributed by atoms with van der Waals surface area (Å²) in [4.78, 5) is 2.31. The molecule has 0 aromatic carbocycles. The molecule has 0 unspecified atom stereocenters. The lowest BCUT2D eigenvalue weighted by molar-refractivity contribution is 0.136. The van der Waals surface area contributed by atoms with Crippen molar-refractivity contribution in [3.63, 3.8) is 0 Å². The van der Waals surface area contributed by atoms with Crippen molar-refractivity contribution in [2.75, 3.05) is 19.6 Å². The van der Waals surface area contributed by atoms with Gasteiger partial charge in [0.1, 0.15) is 0 Å². The summed E-state index contributed by atoms with van der Waals surface area (Å²) in [5.41, 5.74) is 0. The molecule has 0 aromatic heterocycles. The van der Waals surface area contributed by atoms with Gasteiger partial charge >= 0.3 is 0 Å². The van der Waals surface area contributed by atoms with E-state index in [-0.39, 0.29) is 0 Å². The largest absolute Gasteiger partial charge is 0.301 e. The van der Waals surface area contributed by atoms with Crippen molar-refractivity contribution in [3.8, 4) is 6.07 Å². The van der Waals surface area contributed by atoms with E-state index < -0.39 is 0 Å². The van der Waals surface area contributed by atoms with Gasteiger partial charge in [-0.05, 0) is 13.0 Å². The molecular formula is C7H12N2. The molecule has 0 amide bonds. The predicted molar refractivity (Wildman–Crippen MR) is 35.8 cm³/mol. The third-order valence-corrected chi connectivity index (χ3v) is 1.68. The second kappa shape index (κ2) is 2.84. The Balaban J connectivity index is 2.06. The van der Waals surface area contributed by atoms with Gasteiger partial charge < -0.3 is 4.90 Å². The molecule has 0 radical (unpaired) electrons. The second-order valence-electron chi connectivity index (χ2n) is 2.59. The van der Waals surface area contributed by atoms with Gasteiger partial charge in [-0.15, -0.1) is 0 Å². The monoisotopic (exact) mass is 124 g/mol. The number of hydrogen-bond acceptors (Lipinski definition) is 2. The fourth-order valence-electron chi connectivity index (χ4n) is 1.15. The molecule has 0 N–H and O–H groups in total. The highest BCUT2D eigenvalue weighted by molar-refractivity contribution is 4.94. The molecule has 1 heterocycles. The van der Waals surface area contributed by atoms with E-state index in [4.69, 9.17) is 5.26 Å². The summed E-state index contributed by atoms with van der Waals surface area (Å²) in [6.45, 7) is 5.34. The molecule has 50 valence electrons. The van der Waals surface area contributed by atoms with Gasteiger partial charge in [-0.3, -0.25) is 0 Å². The zero-order chi connectivity index (χ0) is 6.69. The Kier molecular flexibility index (Phi) is 2.07. The first-order valence-corrected chi connectivity index (χ1v) is 3.48. The van der Waals surface area contributed by atoms with Crippen LogP contribution in [0.2, 0.25) is 0 Å². The van der Waals surface area contributed by atoms with E-state index in [0.717, 1.165) is 19.6 Å². The van der Waals surface area contributed by atoms with Crippen molar-refractivity contribution < 1.29 is 0 Å². The van der Waals surface area contributed by atoms with Crippen LogP contribution in [-0.2, 0) is 0 Å². The summed E-state index contributed by atoms with van der Waals surface area (Å²) in [5.74, 6) is 0.330. The third kappa shape index (κ3) is 1.43. The van der Waals surface area contributed by atoms with Gasteiger partial charge in [-0.25, -0.2) is 0 Å². The number of rotatable bonds is 2. The minimum Gasteiger partial charge on any atom is -0.301 e. The zero-order valence-electron chi connectivity index (χ0n) is 5.80. The van der Waals surface area contributed by atoms with Crippen LogP contribution < -0.4 is 0 Å². The molecular weight excluding hydrogens is 112 g/mol. The van der Waals surface area contributed by atoms with Gasteiger partial charge in [0, 0.05) is 13.1 Å². The predicted octanol–water partition coefficient (Wildman–Crippen LogP) is 0.852. The Morgan fingerprint density at radius 3 is 2.78 bits per heavy atom. The van der Waals surface area contributed by atoms with Gasteiger partial charge in [0.15, 0.2) is 0 Å². The van der Waals surface area contributed by atoms with Gasteiger partial charge in [0.2, 0.25) is 0 Å². The van der Waals surface area contributed by atoms with E-state index in [1.165, 1.54) is 6.42 Å². The molecule has 0 aliphatic carbocycles. The molecule has 1 aliphatic heterocycles. The van der Waals surface area contributed by atoms with E-state index in [1.807, 2.05) is 0 Å². The van der Waals surface area contributed by atoms with Crippen molar-refractivity contribution in [3.05, 3.63) is 0 Å². The van der Waals surface area contributed by atoms with E-state index in [2.05, 4.69) is 17.9 Å². The molecule has 0 atom stereocenters. The van der Waals surface area contributed by atoms with Gasteiger partial charge in [0.25, 0.3) is 0 Å². The Hall–Kier alpha value is -0.550. The average Bonchev–Trinajstić information content (AvgIpc) is 1.77. The summed E-state index contributed by atoms with van der Waals surface area (Å²) < 4.78 is 0. The maximum Gasteiger partial charge on any atom is 0.0717 e. The molecule has 0 spiro atoms. The maximum absolute atomic E-state index is 8.40. The molecule has 0 bridgehead atoms. The van der Waals surface area contributed by atoms with Crippen molar-refractivity contribution in [2.45, 2.75) is 13.3 Å². The van der Waals surface area contributed by atoms with Crippen LogP contribution in [0.3, 0.4) is 0 Å². The van der Waals surface area contributed by atoms with Crippen LogP contribution in [0, 0.1) is 17.2 Å². The lowest BCUT2D eigenvalue weighted by atomic mass is 10.0. The third-order valence-electron chi connectivity index (χ3n) is 1.68. The van der Waals surface area contributed by atoms with Gasteiger partial charge in [-0.1, -0.05) is 6.92 Å². The second-order valence-corrected chi connectivity index (χ2v) is 2.59. The van der Waals surface area contributed by atoms with Crippen molar-refractivity contribution in [2.24, 2.45) is 5.92 Å². The van der Waals surface area contributed by atoms with Crippen LogP contribution in [0.1, 0.15) is 13.3 Å². The molecule has 2 nitrogen and oxygen atoms in total. The summed E-state index contributed by atoms with van der Waals surface area (Å²) in [6.07, 6.45) is 1.21. The van der Waals surface area contributed by atoms with Crippen LogP contribution in [0.4, 0.5) is 0 Å². The fourth-order valence-corrected chi connectivity index (χ4v) is 1.15. The van der Waals surface area contributed by atoms with Crippen molar-refractivity contribution in [1.29, 1.82) is 5.26 Å². The summed E-state index contributed by atoms with van der Waals surface area (Å²) in [5, 5.41) is 8.40. The summed E-state index contributed by atoms with van der Waals surface area (Å²) in [7, 11) is 0. The first kappa shape index (κ1) is 6.57. The minimum atomic E-state index is 0.330. The van der Waals surface area contributed by atoms with Crippen molar-refractivity contribution >= 4 is 0 Å². The molecule has 9 heavy (non-hydrogen) atoms. The summed E-state index contributed by atoms with van der Waals surface area (Å²) >= 11 is 0. The molecule has 0 aromatic rings. The van der Waals surface area contributed by atoms with Crippen LogP contribution in [0.15, 0.2) is 0 Å². The average molecular weight is 124 g/mol. The van der Waals surface area contributed by atoms with E-state index in [0.29, 0.717) is 5.92 Å². The fraction of sp³-hybridized carbons (Fsp3) is 0.857. The standard InChI is InChI=1S/C7H12N2/c1-2-3-9-5-7(4-8)6-9/h7H,2-3,5-6H2,1H3. The highest BCUT2D eigenvalue weighted by atomic mass is 15.2. The Morgan fingerprint density at radius 1 is 1.67 bits per heavy atom. The van der Waals surface area contributed by atoms with Crippen LogP contribution >= 0.6 is 0 Å². The smallest absolute Gasteiger partial charge is 0.0717 e. The zero-order valence-corrected chi connectivity index (χ0v) is 5.80. The highest BCUT2D eigenvalue weighted by Crippen LogP contribution is 2.13. The maximum atomic E-state index is 8.40. The first-order chi connectivity index (χ1) is 4.36. The van der Waals surface area contributed by atoms with Gasteiger partial charge in [0.05, 0.1) is 12.0 Å². The first-order valence-electron chi connectivity index (χ1n) is 3.48. The topological polar surface area (TPSA) is 27.0 Å². The number of nitrogens with zero attached hydrogens (tertiary/aromatic N) is 2. The molecule has 1 aliphatic rings. The molecule has 2 heteroatoms. The van der Waals surface area contributed by atoms with E-state index in [1.54, 1.807) is 0 Å². The van der Waals surface area contributed by atoms with E-state index >= 15 is 0 Å². The van der Waals surface area contributed by atoms with Crippen LogP contribution in [-0.4, -0.2) is 24.5 Å². The normalized spacial score (nSPS) is 20.9. The molecule has 1 rings (SSSR count). The number of nitriles is 1. The number of hydrogen-bond donors (Lipinski definition) is 0. The Bertz CT molecular complexity index is 119. The Morgan fingerprint density at radius 2 is 2.33 bits per heavy atom.